The number of halogens is 1. The molecule has 2 aromatic heterocycles. The molecule has 2 aromatic carbocycles. The number of rotatable bonds is 9. The summed E-state index contributed by atoms with van der Waals surface area (Å²) in [5, 5.41) is 9.61. The van der Waals surface area contributed by atoms with Gasteiger partial charge in [-0.15, -0.1) is 5.10 Å². The van der Waals surface area contributed by atoms with E-state index in [9.17, 15) is 9.18 Å². The number of alkyl halides is 1. The van der Waals surface area contributed by atoms with Gasteiger partial charge in [-0.3, -0.25) is 9.78 Å². The number of nitrogens with zero attached hydrogens (tertiary/aromatic N) is 4. The summed E-state index contributed by atoms with van der Waals surface area (Å²) in [6, 6.07) is 20.8. The normalized spacial score (nSPS) is 15.4. The fourth-order valence-electron chi connectivity index (χ4n) is 5.40. The number of piperidine rings is 1. The van der Waals surface area contributed by atoms with Crippen molar-refractivity contribution < 1.29 is 13.6 Å². The first kappa shape index (κ1) is 29.8. The number of fused-ring (bicyclic) bond motifs is 1. The molecule has 0 bridgehead atoms. The molecule has 1 fully saturated rings. The number of carbonyl (C=O) groups is 1. The van der Waals surface area contributed by atoms with Crippen LogP contribution in [0.3, 0.4) is 0 Å². The van der Waals surface area contributed by atoms with Crippen LogP contribution in [-0.2, 0) is 0 Å². The molecule has 1 saturated heterocycles. The van der Waals surface area contributed by atoms with Crippen molar-refractivity contribution in [2.45, 2.75) is 45.3 Å². The maximum Gasteiger partial charge on any atom is 0.272 e. The van der Waals surface area contributed by atoms with Gasteiger partial charge in [-0.05, 0) is 81.5 Å². The first-order valence-electron chi connectivity index (χ1n) is 14.3. The van der Waals surface area contributed by atoms with E-state index in [0.29, 0.717) is 41.6 Å². The monoisotopic (exact) mass is 583 g/mol. The molecule has 0 aliphatic carbocycles. The quantitative estimate of drug-likeness (QED) is 0.0923. The van der Waals surface area contributed by atoms with Crippen LogP contribution in [0, 0.1) is 5.92 Å². The summed E-state index contributed by atoms with van der Waals surface area (Å²) in [6.07, 6.45) is 3.13. The summed E-state index contributed by atoms with van der Waals surface area (Å²) in [7, 11) is 0. The molecule has 1 aliphatic rings. The van der Waals surface area contributed by atoms with Crippen LogP contribution in [0.15, 0.2) is 94.7 Å². The highest BCUT2D eigenvalue weighted by molar-refractivity contribution is 5.94. The number of hydrogen-bond donors (Lipinski definition) is 3. The van der Waals surface area contributed by atoms with E-state index in [1.165, 1.54) is 19.0 Å². The van der Waals surface area contributed by atoms with Crippen molar-refractivity contribution in [2.24, 2.45) is 22.6 Å². The van der Waals surface area contributed by atoms with Gasteiger partial charge in [0.15, 0.2) is 0 Å². The largest absolute Gasteiger partial charge is 0.456 e. The topological polar surface area (TPSA) is 126 Å². The molecule has 4 aromatic rings. The Bertz CT molecular complexity index is 1630. The molecule has 5 N–H and O–H groups in total. The van der Waals surface area contributed by atoms with Crippen LogP contribution in [-0.4, -0.2) is 45.5 Å². The van der Waals surface area contributed by atoms with Gasteiger partial charge in [0.1, 0.15) is 28.5 Å². The van der Waals surface area contributed by atoms with E-state index in [-0.39, 0.29) is 23.6 Å². The van der Waals surface area contributed by atoms with E-state index in [1.807, 2.05) is 65.6 Å². The molecule has 1 atom stereocenters. The predicted molar refractivity (Wildman–Crippen MR) is 169 cm³/mol. The number of hydrogen-bond acceptors (Lipinski definition) is 7. The number of anilines is 1. The number of pyridine rings is 1. The number of amidine groups is 1. The van der Waals surface area contributed by atoms with Crippen molar-refractivity contribution in [1.29, 1.82) is 0 Å². The number of allylic oxidation sites excluding steroid dienone is 1. The van der Waals surface area contributed by atoms with Gasteiger partial charge >= 0.3 is 0 Å². The number of hydrazone groups is 1. The second-order valence-corrected chi connectivity index (χ2v) is 11.5. The molecular weight excluding hydrogens is 545 g/mol. The highest BCUT2D eigenvalue weighted by Crippen LogP contribution is 2.35. The van der Waals surface area contributed by atoms with Crippen LogP contribution in [0.1, 0.15) is 55.7 Å². The molecule has 1 amide bonds. The molecule has 3 heterocycles. The molecule has 0 spiro atoms. The van der Waals surface area contributed by atoms with Gasteiger partial charge in [0.25, 0.3) is 5.91 Å². The van der Waals surface area contributed by atoms with Crippen LogP contribution in [0.4, 0.5) is 10.1 Å². The van der Waals surface area contributed by atoms with E-state index < -0.39 is 5.67 Å². The number of hydrazine groups is 1. The highest BCUT2D eigenvalue weighted by atomic mass is 19.1. The van der Waals surface area contributed by atoms with Crippen molar-refractivity contribution in [1.82, 2.24) is 15.0 Å². The molecular formula is C33H38FN7O2. The summed E-state index contributed by atoms with van der Waals surface area (Å²) in [5.41, 5.74) is 8.07. The number of amides is 1. The Hall–Kier alpha value is -4.70. The Morgan fingerprint density at radius 1 is 1.16 bits per heavy atom. The predicted octanol–water partition coefficient (Wildman–Crippen LogP) is 6.23. The lowest BCUT2D eigenvalue weighted by Gasteiger charge is -2.38. The summed E-state index contributed by atoms with van der Waals surface area (Å²) in [5.74, 6) is 7.40. The minimum absolute atomic E-state index is 0.132. The summed E-state index contributed by atoms with van der Waals surface area (Å²) < 4.78 is 20.3. The minimum atomic E-state index is -1.56. The minimum Gasteiger partial charge on any atom is -0.456 e. The van der Waals surface area contributed by atoms with Crippen molar-refractivity contribution in [3.63, 3.8) is 0 Å². The number of nitrogens with two attached hydrogens (primary N) is 2. The number of nitrogens with one attached hydrogen (secondary N) is 1. The third-order valence-electron chi connectivity index (χ3n) is 7.77. The zero-order valence-corrected chi connectivity index (χ0v) is 24.8. The van der Waals surface area contributed by atoms with Gasteiger partial charge in [0.05, 0.1) is 6.04 Å². The molecule has 1 aliphatic heterocycles. The first-order valence-corrected chi connectivity index (χ1v) is 14.3. The van der Waals surface area contributed by atoms with Crippen molar-refractivity contribution in [3.05, 3.63) is 96.5 Å². The Labute approximate surface area is 251 Å². The number of benzene rings is 2. The second-order valence-electron chi connectivity index (χ2n) is 11.5. The fourth-order valence-corrected chi connectivity index (χ4v) is 5.40. The van der Waals surface area contributed by atoms with Crippen LogP contribution in [0.5, 0.6) is 0 Å². The van der Waals surface area contributed by atoms with Gasteiger partial charge in [-0.1, -0.05) is 36.9 Å². The molecule has 10 heteroatoms. The maximum absolute atomic E-state index is 14.2. The first-order chi connectivity index (χ1) is 20.5. The maximum atomic E-state index is 14.2. The molecule has 1 unspecified atom stereocenters. The van der Waals surface area contributed by atoms with Crippen LogP contribution >= 0.6 is 0 Å². The third-order valence-corrected chi connectivity index (χ3v) is 7.77. The zero-order chi connectivity index (χ0) is 30.7. The molecule has 0 saturated carbocycles. The Balaban J connectivity index is 1.29. The lowest BCUT2D eigenvalue weighted by molar-refractivity contribution is 0.0575. The van der Waals surface area contributed by atoms with Gasteiger partial charge in [-0.2, -0.15) is 0 Å². The lowest BCUT2D eigenvalue weighted by atomic mass is 9.85. The molecule has 5 rings (SSSR count). The zero-order valence-electron chi connectivity index (χ0n) is 24.8. The average Bonchev–Trinajstić information content (AvgIpc) is 3.41. The Morgan fingerprint density at radius 3 is 2.56 bits per heavy atom. The van der Waals surface area contributed by atoms with Gasteiger partial charge in [-0.25, -0.2) is 15.4 Å². The highest BCUT2D eigenvalue weighted by Gasteiger charge is 2.33. The number of furan rings is 1. The number of aromatic nitrogens is 1. The Kier molecular flexibility index (Phi) is 8.50. The molecule has 0 radical (unpaired) electrons. The van der Waals surface area contributed by atoms with Crippen molar-refractivity contribution in [3.8, 4) is 11.3 Å². The van der Waals surface area contributed by atoms with Gasteiger partial charge in [0, 0.05) is 41.6 Å². The van der Waals surface area contributed by atoms with Crippen LogP contribution < -0.4 is 16.9 Å². The van der Waals surface area contributed by atoms with E-state index in [0.717, 1.165) is 29.4 Å². The van der Waals surface area contributed by atoms with Gasteiger partial charge < -0.3 is 20.4 Å². The van der Waals surface area contributed by atoms with Crippen molar-refractivity contribution in [2.75, 3.05) is 18.4 Å². The molecule has 43 heavy (non-hydrogen) atoms. The van der Waals surface area contributed by atoms with E-state index in [4.69, 9.17) is 16.0 Å². The van der Waals surface area contributed by atoms with Crippen LogP contribution in [0.25, 0.3) is 22.3 Å². The van der Waals surface area contributed by atoms with Crippen LogP contribution in [0.2, 0.25) is 0 Å². The summed E-state index contributed by atoms with van der Waals surface area (Å²) in [4.78, 5) is 19.7. The standard InChI is InChI=1S/C33H38FN7O2/c1-21(33(3,4)34)38-27-10-11-29-26(18-27)20-30(43-29)25-12-15-37-28(19-25)32(42)40-16-13-24(14-17-40)31(41(36)39-22(2)35)23-8-6-5-7-9-23/h5-12,15,18-20,24,31,38H,1,13-14,16-17,36H2,2-4H3,(H2,35,39). The van der Waals surface area contributed by atoms with E-state index >= 15 is 0 Å². The lowest BCUT2D eigenvalue weighted by Crippen LogP contribution is -2.44. The Morgan fingerprint density at radius 2 is 1.88 bits per heavy atom. The van der Waals surface area contributed by atoms with Crippen molar-refractivity contribution >= 4 is 28.4 Å². The van der Waals surface area contributed by atoms with E-state index in [2.05, 4.69) is 22.0 Å². The average molecular weight is 584 g/mol. The van der Waals surface area contributed by atoms with E-state index in [1.54, 1.807) is 19.2 Å². The molecule has 224 valence electrons. The summed E-state index contributed by atoms with van der Waals surface area (Å²) >= 11 is 0. The van der Waals surface area contributed by atoms with Gasteiger partial charge in [0.2, 0.25) is 0 Å². The fraction of sp³-hybridized carbons (Fsp3) is 0.303. The number of likely N-dealkylation sites (tertiary alicyclic amines) is 1. The summed E-state index contributed by atoms with van der Waals surface area (Å²) in [6.45, 7) is 9.54. The third kappa shape index (κ3) is 6.86. The second kappa shape index (κ2) is 12.3. The number of carbonyl (C=O) groups excluding carboxylic acids is 1. The SMILES string of the molecule is C=C(Nc1ccc2oc(-c3ccnc(C(=O)N4CCC(C(c5ccccc5)N(N)/N=C(/C)N)CC4)c3)cc2c1)C(C)(C)F. The smallest absolute Gasteiger partial charge is 0.272 e. The molecule has 9 nitrogen and oxygen atoms in total.